The number of carbonyl (C=O) groups excluding carboxylic acids is 1. The van der Waals surface area contributed by atoms with Crippen molar-refractivity contribution in [3.05, 3.63) is 34.2 Å². The molecule has 1 heterocycles. The topological polar surface area (TPSA) is 62.0 Å². The number of aromatic nitrogens is 1. The maximum absolute atomic E-state index is 12.0. The molecule has 0 saturated heterocycles. The van der Waals surface area contributed by atoms with Gasteiger partial charge in [-0.2, -0.15) is 0 Å². The third-order valence-corrected chi connectivity index (χ3v) is 3.76. The Morgan fingerprint density at radius 3 is 2.67 bits per heavy atom. The van der Waals surface area contributed by atoms with E-state index >= 15 is 0 Å². The second-order valence-corrected chi connectivity index (χ2v) is 5.10. The molecule has 18 heavy (non-hydrogen) atoms. The van der Waals surface area contributed by atoms with Gasteiger partial charge in [-0.1, -0.05) is 19.3 Å². The lowest BCUT2D eigenvalue weighted by Gasteiger charge is -2.28. The van der Waals surface area contributed by atoms with Crippen molar-refractivity contribution in [2.24, 2.45) is 5.92 Å². The lowest BCUT2D eigenvalue weighted by atomic mass is 9.84. The Labute approximate surface area is 107 Å². The number of nitrogens with one attached hydrogen (secondary N) is 2. The van der Waals surface area contributed by atoms with Gasteiger partial charge in [0.05, 0.1) is 5.56 Å². The van der Waals surface area contributed by atoms with Crippen molar-refractivity contribution < 1.29 is 4.79 Å². The van der Waals surface area contributed by atoms with E-state index in [9.17, 15) is 9.59 Å². The summed E-state index contributed by atoms with van der Waals surface area (Å²) >= 11 is 0. The molecule has 1 aromatic rings. The third kappa shape index (κ3) is 3.22. The van der Waals surface area contributed by atoms with Gasteiger partial charge >= 0.3 is 0 Å². The predicted molar refractivity (Wildman–Crippen MR) is 70.6 cm³/mol. The second-order valence-electron chi connectivity index (χ2n) is 5.10. The average Bonchev–Trinajstić information content (AvgIpc) is 2.40. The maximum atomic E-state index is 12.0. The van der Waals surface area contributed by atoms with Crippen LogP contribution in [0, 0.1) is 5.92 Å². The van der Waals surface area contributed by atoms with Crippen molar-refractivity contribution >= 4 is 5.91 Å². The fourth-order valence-corrected chi connectivity index (χ4v) is 2.59. The van der Waals surface area contributed by atoms with Gasteiger partial charge in [0.2, 0.25) is 5.56 Å². The molecule has 0 bridgehead atoms. The van der Waals surface area contributed by atoms with E-state index in [1.807, 2.05) is 0 Å². The van der Waals surface area contributed by atoms with Crippen LogP contribution in [0.25, 0.3) is 0 Å². The molecule has 0 spiro atoms. The highest BCUT2D eigenvalue weighted by Gasteiger charge is 2.21. The standard InChI is InChI=1S/C14H20N2O2/c1-10(11-5-3-2-4-6-11)16-14(18)12-7-8-13(17)15-9-12/h7-11H,2-6H2,1H3,(H,15,17)(H,16,18). The zero-order valence-electron chi connectivity index (χ0n) is 10.7. The Morgan fingerprint density at radius 1 is 1.33 bits per heavy atom. The molecule has 1 aliphatic carbocycles. The summed E-state index contributed by atoms with van der Waals surface area (Å²) < 4.78 is 0. The molecule has 1 aromatic heterocycles. The number of rotatable bonds is 3. The third-order valence-electron chi connectivity index (χ3n) is 3.76. The summed E-state index contributed by atoms with van der Waals surface area (Å²) in [6.45, 7) is 2.07. The van der Waals surface area contributed by atoms with Crippen LogP contribution in [0.2, 0.25) is 0 Å². The van der Waals surface area contributed by atoms with Crippen LogP contribution in [-0.2, 0) is 0 Å². The molecule has 0 radical (unpaired) electrons. The Hall–Kier alpha value is -1.58. The normalized spacial score (nSPS) is 18.3. The highest BCUT2D eigenvalue weighted by atomic mass is 16.2. The molecule has 0 aliphatic heterocycles. The Morgan fingerprint density at radius 2 is 2.06 bits per heavy atom. The summed E-state index contributed by atoms with van der Waals surface area (Å²) in [6.07, 6.45) is 7.72. The van der Waals surface area contributed by atoms with E-state index < -0.39 is 0 Å². The molecule has 1 atom stereocenters. The van der Waals surface area contributed by atoms with E-state index in [-0.39, 0.29) is 17.5 Å². The van der Waals surface area contributed by atoms with Crippen molar-refractivity contribution in [2.45, 2.75) is 45.1 Å². The lowest BCUT2D eigenvalue weighted by molar-refractivity contribution is 0.0919. The zero-order valence-corrected chi connectivity index (χ0v) is 10.7. The van der Waals surface area contributed by atoms with Gasteiger partial charge in [0, 0.05) is 18.3 Å². The molecule has 1 saturated carbocycles. The van der Waals surface area contributed by atoms with Gasteiger partial charge in [0.15, 0.2) is 0 Å². The quantitative estimate of drug-likeness (QED) is 0.860. The van der Waals surface area contributed by atoms with Gasteiger partial charge < -0.3 is 10.3 Å². The van der Waals surface area contributed by atoms with E-state index in [1.165, 1.54) is 44.4 Å². The molecule has 2 N–H and O–H groups in total. The summed E-state index contributed by atoms with van der Waals surface area (Å²) in [6, 6.07) is 3.13. The van der Waals surface area contributed by atoms with Crippen molar-refractivity contribution in [2.75, 3.05) is 0 Å². The fraction of sp³-hybridized carbons (Fsp3) is 0.571. The summed E-state index contributed by atoms with van der Waals surface area (Å²) in [5, 5.41) is 3.02. The first-order valence-electron chi connectivity index (χ1n) is 6.66. The van der Waals surface area contributed by atoms with Crippen LogP contribution in [0.15, 0.2) is 23.1 Å². The predicted octanol–water partition coefficient (Wildman–Crippen LogP) is 2.07. The minimum absolute atomic E-state index is 0.107. The van der Waals surface area contributed by atoms with Gasteiger partial charge in [-0.15, -0.1) is 0 Å². The SMILES string of the molecule is CC(NC(=O)c1ccc(=O)[nH]c1)C1CCCCC1. The van der Waals surface area contributed by atoms with E-state index in [2.05, 4.69) is 17.2 Å². The maximum Gasteiger partial charge on any atom is 0.252 e. The van der Waals surface area contributed by atoms with E-state index in [0.717, 1.165) is 0 Å². The molecular weight excluding hydrogens is 228 g/mol. The highest BCUT2D eigenvalue weighted by Crippen LogP contribution is 2.26. The average molecular weight is 248 g/mol. The number of hydrogen-bond donors (Lipinski definition) is 2. The fourth-order valence-electron chi connectivity index (χ4n) is 2.59. The minimum Gasteiger partial charge on any atom is -0.349 e. The van der Waals surface area contributed by atoms with Crippen molar-refractivity contribution in [1.29, 1.82) is 0 Å². The molecule has 1 amide bonds. The highest BCUT2D eigenvalue weighted by molar-refractivity contribution is 5.93. The van der Waals surface area contributed by atoms with Gasteiger partial charge in [-0.3, -0.25) is 9.59 Å². The number of carbonyl (C=O) groups is 1. The summed E-state index contributed by atoms with van der Waals surface area (Å²) in [4.78, 5) is 25.4. The number of pyridine rings is 1. The van der Waals surface area contributed by atoms with Gasteiger partial charge in [0.25, 0.3) is 5.91 Å². The Bertz CT molecular complexity index is 441. The molecule has 4 nitrogen and oxygen atoms in total. The van der Waals surface area contributed by atoms with Crippen LogP contribution in [-0.4, -0.2) is 16.9 Å². The molecule has 2 rings (SSSR count). The van der Waals surface area contributed by atoms with E-state index in [0.29, 0.717) is 11.5 Å². The van der Waals surface area contributed by atoms with Gasteiger partial charge in [-0.05, 0) is 31.7 Å². The Kier molecular flexibility index (Phi) is 4.18. The molecule has 1 aliphatic rings. The first-order valence-corrected chi connectivity index (χ1v) is 6.66. The molecule has 1 unspecified atom stereocenters. The van der Waals surface area contributed by atoms with Crippen LogP contribution >= 0.6 is 0 Å². The molecular formula is C14H20N2O2. The minimum atomic E-state index is -0.188. The van der Waals surface area contributed by atoms with Crippen LogP contribution in [0.3, 0.4) is 0 Å². The molecule has 1 fully saturated rings. The molecule has 98 valence electrons. The first-order chi connectivity index (χ1) is 8.66. The smallest absolute Gasteiger partial charge is 0.252 e. The zero-order chi connectivity index (χ0) is 13.0. The summed E-state index contributed by atoms with van der Waals surface area (Å²) in [5.41, 5.74) is 0.323. The van der Waals surface area contributed by atoms with Gasteiger partial charge in [-0.25, -0.2) is 0 Å². The second kappa shape index (κ2) is 5.85. The van der Waals surface area contributed by atoms with Crippen LogP contribution < -0.4 is 10.9 Å². The Balaban J connectivity index is 1.93. The molecule has 0 aromatic carbocycles. The van der Waals surface area contributed by atoms with Crippen LogP contribution in [0.5, 0.6) is 0 Å². The van der Waals surface area contributed by atoms with Crippen molar-refractivity contribution in [1.82, 2.24) is 10.3 Å². The lowest BCUT2D eigenvalue weighted by Crippen LogP contribution is -2.39. The monoisotopic (exact) mass is 248 g/mol. The molecule has 4 heteroatoms. The van der Waals surface area contributed by atoms with E-state index in [1.54, 1.807) is 6.07 Å². The summed E-state index contributed by atoms with van der Waals surface area (Å²) in [7, 11) is 0. The van der Waals surface area contributed by atoms with Gasteiger partial charge in [0.1, 0.15) is 0 Å². The number of H-pyrrole nitrogens is 1. The van der Waals surface area contributed by atoms with Crippen LogP contribution in [0.1, 0.15) is 49.4 Å². The largest absolute Gasteiger partial charge is 0.349 e. The van der Waals surface area contributed by atoms with E-state index in [4.69, 9.17) is 0 Å². The van der Waals surface area contributed by atoms with Crippen LogP contribution in [0.4, 0.5) is 0 Å². The van der Waals surface area contributed by atoms with Crippen molar-refractivity contribution in [3.63, 3.8) is 0 Å². The summed E-state index contributed by atoms with van der Waals surface area (Å²) in [5.74, 6) is 0.481. The number of hydrogen-bond acceptors (Lipinski definition) is 2. The number of amides is 1. The number of aromatic amines is 1. The first kappa shape index (κ1) is 12.9. The van der Waals surface area contributed by atoms with Crippen molar-refractivity contribution in [3.8, 4) is 0 Å².